The summed E-state index contributed by atoms with van der Waals surface area (Å²) in [5, 5.41) is 6.05. The number of nitrogens with one attached hydrogen (secondary N) is 2. The Hall–Kier alpha value is -1.83. The van der Waals surface area contributed by atoms with E-state index in [1.807, 2.05) is 6.07 Å². The van der Waals surface area contributed by atoms with E-state index in [4.69, 9.17) is 46.4 Å². The van der Waals surface area contributed by atoms with Crippen molar-refractivity contribution in [2.45, 2.75) is 10.3 Å². The molecule has 0 bridgehead atoms. The maximum atomic E-state index is 13.1. The lowest BCUT2D eigenvalue weighted by atomic mass is 10.1. The minimum atomic E-state index is -1.30. The molecule has 0 radical (unpaired) electrons. The Kier molecular flexibility index (Phi) is 6.95. The Bertz CT molecular complexity index is 1230. The second kappa shape index (κ2) is 9.43. The highest BCUT2D eigenvalue weighted by atomic mass is 79.9. The van der Waals surface area contributed by atoms with Crippen molar-refractivity contribution in [1.29, 1.82) is 0 Å². The summed E-state index contributed by atoms with van der Waals surface area (Å²) in [6, 6.07) is 15.0. The number of carbonyl (C=O) groups is 2. The van der Waals surface area contributed by atoms with Crippen LogP contribution >= 0.6 is 62.3 Å². The number of rotatable bonds is 5. The van der Waals surface area contributed by atoms with E-state index >= 15 is 0 Å². The molecule has 170 valence electrons. The number of anilines is 2. The lowest BCUT2D eigenvalue weighted by Gasteiger charge is -2.10. The van der Waals surface area contributed by atoms with Crippen molar-refractivity contribution in [3.05, 3.63) is 92.1 Å². The standard InChI is InChI=1S/C23H14BrCl4FN2O2/c24-12-7-11(8-13(25)9-12)19-20(23(19,27)28)22(33)31-16-5-6-18(26)17(10-16)21(32)30-15-3-1-14(29)2-4-15/h1-10,19-20H,(H,30,32)(H,31,33)/t19-,20+/m0/s1. The van der Waals surface area contributed by atoms with Gasteiger partial charge in [0.1, 0.15) is 10.2 Å². The van der Waals surface area contributed by atoms with Gasteiger partial charge in [-0.25, -0.2) is 4.39 Å². The van der Waals surface area contributed by atoms with Crippen LogP contribution in [0.3, 0.4) is 0 Å². The first-order valence-corrected chi connectivity index (χ1v) is 11.9. The summed E-state index contributed by atoms with van der Waals surface area (Å²) in [4.78, 5) is 25.6. The minimum absolute atomic E-state index is 0.132. The van der Waals surface area contributed by atoms with Crippen LogP contribution in [0.15, 0.2) is 65.1 Å². The van der Waals surface area contributed by atoms with Gasteiger partial charge < -0.3 is 10.6 Å². The molecule has 0 spiro atoms. The van der Waals surface area contributed by atoms with E-state index in [1.165, 1.54) is 36.4 Å². The van der Waals surface area contributed by atoms with Gasteiger partial charge >= 0.3 is 0 Å². The van der Waals surface area contributed by atoms with E-state index in [-0.39, 0.29) is 10.6 Å². The molecule has 1 saturated carbocycles. The lowest BCUT2D eigenvalue weighted by Crippen LogP contribution is -2.18. The predicted octanol–water partition coefficient (Wildman–Crippen LogP) is 7.67. The molecule has 33 heavy (non-hydrogen) atoms. The Morgan fingerprint density at radius 1 is 0.909 bits per heavy atom. The Morgan fingerprint density at radius 3 is 2.24 bits per heavy atom. The highest BCUT2D eigenvalue weighted by Gasteiger charge is 2.67. The molecule has 0 aliphatic heterocycles. The van der Waals surface area contributed by atoms with Crippen molar-refractivity contribution < 1.29 is 14.0 Å². The maximum absolute atomic E-state index is 13.1. The Balaban J connectivity index is 1.50. The summed E-state index contributed by atoms with van der Waals surface area (Å²) in [6.07, 6.45) is 0. The molecule has 1 aliphatic carbocycles. The van der Waals surface area contributed by atoms with Crippen molar-refractivity contribution in [2.24, 2.45) is 5.92 Å². The zero-order chi connectivity index (χ0) is 23.9. The fourth-order valence-corrected chi connectivity index (χ4v) is 5.47. The van der Waals surface area contributed by atoms with Crippen LogP contribution in [-0.4, -0.2) is 16.1 Å². The molecule has 3 aromatic carbocycles. The van der Waals surface area contributed by atoms with Crippen LogP contribution in [0, 0.1) is 11.7 Å². The van der Waals surface area contributed by atoms with Gasteiger partial charge in [-0.1, -0.05) is 39.1 Å². The molecule has 1 aliphatic rings. The molecule has 2 atom stereocenters. The smallest absolute Gasteiger partial charge is 0.257 e. The molecule has 3 aromatic rings. The molecule has 0 unspecified atom stereocenters. The molecular weight excluding hydrogens is 577 g/mol. The van der Waals surface area contributed by atoms with E-state index in [1.54, 1.807) is 18.2 Å². The van der Waals surface area contributed by atoms with Gasteiger partial charge in [0.05, 0.1) is 16.5 Å². The molecule has 10 heteroatoms. The third-order valence-electron chi connectivity index (χ3n) is 5.16. The minimum Gasteiger partial charge on any atom is -0.326 e. The van der Waals surface area contributed by atoms with Gasteiger partial charge in [0.25, 0.3) is 5.91 Å². The van der Waals surface area contributed by atoms with Crippen molar-refractivity contribution in [3.63, 3.8) is 0 Å². The van der Waals surface area contributed by atoms with Gasteiger partial charge in [0.2, 0.25) is 5.91 Å². The van der Waals surface area contributed by atoms with Crippen molar-refractivity contribution in [2.75, 3.05) is 10.6 Å². The fourth-order valence-electron chi connectivity index (χ4n) is 3.55. The van der Waals surface area contributed by atoms with Crippen LogP contribution in [0.25, 0.3) is 0 Å². The molecule has 4 nitrogen and oxygen atoms in total. The van der Waals surface area contributed by atoms with Crippen molar-refractivity contribution in [1.82, 2.24) is 0 Å². The van der Waals surface area contributed by atoms with E-state index in [9.17, 15) is 14.0 Å². The highest BCUT2D eigenvalue weighted by Crippen LogP contribution is 2.65. The molecule has 4 rings (SSSR count). The Labute approximate surface area is 217 Å². The van der Waals surface area contributed by atoms with Gasteiger partial charge in [0.15, 0.2) is 0 Å². The third kappa shape index (κ3) is 5.31. The van der Waals surface area contributed by atoms with Crippen LogP contribution in [0.2, 0.25) is 10.0 Å². The maximum Gasteiger partial charge on any atom is 0.257 e. The van der Waals surface area contributed by atoms with E-state index in [0.29, 0.717) is 16.4 Å². The summed E-state index contributed by atoms with van der Waals surface area (Å²) >= 11 is 28.5. The van der Waals surface area contributed by atoms with Gasteiger partial charge in [-0.05, 0) is 66.2 Å². The summed E-state index contributed by atoms with van der Waals surface area (Å²) in [5.74, 6) is -2.52. The number of halogens is 6. The van der Waals surface area contributed by atoms with Gasteiger partial charge in [0, 0.05) is 26.8 Å². The molecule has 0 saturated heterocycles. The third-order valence-corrected chi connectivity index (χ3v) is 7.11. The summed E-state index contributed by atoms with van der Waals surface area (Å²) in [6.45, 7) is 0. The lowest BCUT2D eigenvalue weighted by molar-refractivity contribution is -0.117. The Morgan fingerprint density at radius 2 is 1.58 bits per heavy atom. The fraction of sp³-hybridized carbons (Fsp3) is 0.130. The SMILES string of the molecule is O=C(Nc1ccc(F)cc1)c1cc(NC(=O)[C@H]2[C@H](c3cc(Cl)cc(Br)c3)C2(Cl)Cl)ccc1Cl. The number of carbonyl (C=O) groups excluding carboxylic acids is 2. The highest BCUT2D eigenvalue weighted by molar-refractivity contribution is 9.10. The molecule has 0 heterocycles. The van der Waals surface area contributed by atoms with Crippen LogP contribution in [-0.2, 0) is 4.79 Å². The van der Waals surface area contributed by atoms with Gasteiger partial charge in [-0.2, -0.15) is 0 Å². The van der Waals surface area contributed by atoms with Gasteiger partial charge in [-0.15, -0.1) is 23.2 Å². The average molecular weight is 591 g/mol. The molecule has 2 amide bonds. The number of alkyl halides is 2. The van der Waals surface area contributed by atoms with Crippen LogP contribution in [0.5, 0.6) is 0 Å². The number of amides is 2. The second-order valence-electron chi connectivity index (χ2n) is 7.48. The zero-order valence-corrected chi connectivity index (χ0v) is 21.1. The first-order chi connectivity index (χ1) is 15.6. The molecular formula is C23H14BrCl4FN2O2. The second-order valence-corrected chi connectivity index (χ2v) is 10.7. The first kappa shape index (κ1) is 24.3. The van der Waals surface area contributed by atoms with Crippen LogP contribution < -0.4 is 10.6 Å². The molecule has 0 aromatic heterocycles. The van der Waals surface area contributed by atoms with Crippen molar-refractivity contribution in [3.8, 4) is 0 Å². The summed E-state index contributed by atoms with van der Waals surface area (Å²) in [5.41, 5.74) is 1.60. The average Bonchev–Trinajstić information content (AvgIpc) is 3.32. The predicted molar refractivity (Wildman–Crippen MR) is 134 cm³/mol. The van der Waals surface area contributed by atoms with E-state index < -0.39 is 33.8 Å². The number of hydrogen-bond donors (Lipinski definition) is 2. The van der Waals surface area contributed by atoms with E-state index in [2.05, 4.69) is 26.6 Å². The zero-order valence-electron chi connectivity index (χ0n) is 16.5. The topological polar surface area (TPSA) is 58.2 Å². The molecule has 1 fully saturated rings. The van der Waals surface area contributed by atoms with Crippen LogP contribution in [0.1, 0.15) is 21.8 Å². The number of benzene rings is 3. The van der Waals surface area contributed by atoms with Crippen molar-refractivity contribution >= 4 is 85.5 Å². The first-order valence-electron chi connectivity index (χ1n) is 9.57. The molecule has 2 N–H and O–H groups in total. The number of hydrogen-bond acceptors (Lipinski definition) is 2. The monoisotopic (exact) mass is 588 g/mol. The quantitative estimate of drug-likeness (QED) is 0.300. The van der Waals surface area contributed by atoms with Gasteiger partial charge in [-0.3, -0.25) is 9.59 Å². The normalized spacial score (nSPS) is 18.5. The van der Waals surface area contributed by atoms with E-state index in [0.717, 1.165) is 10.0 Å². The van der Waals surface area contributed by atoms with Crippen LogP contribution in [0.4, 0.5) is 15.8 Å². The summed E-state index contributed by atoms with van der Waals surface area (Å²) in [7, 11) is 0. The largest absolute Gasteiger partial charge is 0.326 e. The summed E-state index contributed by atoms with van der Waals surface area (Å²) < 4.78 is 12.5.